The second-order valence-corrected chi connectivity index (χ2v) is 8.45. The highest BCUT2D eigenvalue weighted by Gasteiger charge is 2.19. The zero-order valence-corrected chi connectivity index (χ0v) is 17.5. The second-order valence-electron chi connectivity index (χ2n) is 6.47. The molecule has 0 atom stereocenters. The molecule has 0 N–H and O–H groups in total. The van der Waals surface area contributed by atoms with Crippen LogP contribution in [0.1, 0.15) is 10.4 Å². The van der Waals surface area contributed by atoms with Crippen LogP contribution < -0.4 is 0 Å². The third-order valence-electron chi connectivity index (χ3n) is 4.37. The number of carbonyl (C=O) groups excluding carboxylic acids is 1. The van der Waals surface area contributed by atoms with Crippen molar-refractivity contribution in [2.45, 2.75) is 18.2 Å². The summed E-state index contributed by atoms with van der Waals surface area (Å²) in [5.41, 5.74) is 1.13. The molecule has 0 saturated carbocycles. The zero-order chi connectivity index (χ0) is 20.1. The summed E-state index contributed by atoms with van der Waals surface area (Å²) in [6, 6.07) is 17.8. The van der Waals surface area contributed by atoms with Gasteiger partial charge in [0.2, 0.25) is 11.7 Å². The Labute approximate surface area is 177 Å². The number of amides is 1. The predicted octanol–water partition coefficient (Wildman–Crippen LogP) is 4.40. The fraction of sp³-hybridized carbons (Fsp3) is 0.190. The summed E-state index contributed by atoms with van der Waals surface area (Å²) in [4.78, 5) is 15.5. The minimum absolute atomic E-state index is 0.0530. The third-order valence-corrected chi connectivity index (χ3v) is 6.18. The van der Waals surface area contributed by atoms with Gasteiger partial charge in [0.1, 0.15) is 0 Å². The van der Waals surface area contributed by atoms with Crippen molar-refractivity contribution >= 4 is 29.0 Å². The fourth-order valence-corrected chi connectivity index (χ4v) is 4.49. The van der Waals surface area contributed by atoms with Crippen molar-refractivity contribution in [3.63, 3.8) is 0 Å². The van der Waals surface area contributed by atoms with E-state index in [2.05, 4.69) is 22.3 Å². The lowest BCUT2D eigenvalue weighted by Gasteiger charge is -2.16. The molecule has 0 aliphatic rings. The Hall–Kier alpha value is -2.84. The monoisotopic (exact) mass is 424 g/mol. The molecule has 1 amide bonds. The molecule has 0 radical (unpaired) electrons. The molecule has 0 unspecified atom stereocenters. The molecule has 0 bridgehead atoms. The van der Waals surface area contributed by atoms with Crippen molar-refractivity contribution in [3.05, 3.63) is 76.7 Å². The number of furan rings is 1. The lowest BCUT2D eigenvalue weighted by molar-refractivity contribution is -0.127. The largest absolute Gasteiger partial charge is 0.461 e. The van der Waals surface area contributed by atoms with Crippen molar-refractivity contribution < 1.29 is 9.21 Å². The number of benzene rings is 1. The van der Waals surface area contributed by atoms with E-state index in [0.717, 1.165) is 5.56 Å². The van der Waals surface area contributed by atoms with Gasteiger partial charge in [-0.3, -0.25) is 9.36 Å². The molecule has 4 rings (SSSR count). The first-order valence-corrected chi connectivity index (χ1v) is 11.0. The first kappa shape index (κ1) is 19.5. The van der Waals surface area contributed by atoms with Gasteiger partial charge < -0.3 is 9.32 Å². The number of thiophene rings is 1. The van der Waals surface area contributed by atoms with E-state index in [9.17, 15) is 4.79 Å². The van der Waals surface area contributed by atoms with Crippen molar-refractivity contribution in [3.8, 4) is 11.6 Å². The molecule has 1 aromatic carbocycles. The summed E-state index contributed by atoms with van der Waals surface area (Å²) in [7, 11) is 1.82. The number of aromatic nitrogens is 3. The molecule has 0 aliphatic heterocycles. The number of thioether (sulfide) groups is 1. The van der Waals surface area contributed by atoms with E-state index in [1.54, 1.807) is 22.5 Å². The summed E-state index contributed by atoms with van der Waals surface area (Å²) in [5.74, 6) is 1.66. The quantitative estimate of drug-likeness (QED) is 0.392. The number of rotatable bonds is 8. The molecule has 148 valence electrons. The molecule has 6 nitrogen and oxygen atoms in total. The molecule has 0 spiro atoms. The van der Waals surface area contributed by atoms with E-state index in [-0.39, 0.29) is 5.91 Å². The van der Waals surface area contributed by atoms with Crippen LogP contribution in [0.15, 0.2) is 75.8 Å². The Morgan fingerprint density at radius 3 is 2.72 bits per heavy atom. The maximum atomic E-state index is 12.6. The van der Waals surface area contributed by atoms with E-state index < -0.39 is 0 Å². The molecule has 3 heterocycles. The van der Waals surface area contributed by atoms with Crippen molar-refractivity contribution in [2.75, 3.05) is 12.8 Å². The highest BCUT2D eigenvalue weighted by Crippen LogP contribution is 2.26. The van der Waals surface area contributed by atoms with Crippen LogP contribution in [0.4, 0.5) is 0 Å². The Bertz CT molecular complexity index is 1040. The van der Waals surface area contributed by atoms with Gasteiger partial charge in [0.25, 0.3) is 0 Å². The minimum Gasteiger partial charge on any atom is -0.461 e. The molecule has 29 heavy (non-hydrogen) atoms. The van der Waals surface area contributed by atoms with E-state index in [0.29, 0.717) is 35.6 Å². The van der Waals surface area contributed by atoms with Crippen LogP contribution in [0.5, 0.6) is 0 Å². The third kappa shape index (κ3) is 4.78. The van der Waals surface area contributed by atoms with Crippen LogP contribution >= 0.6 is 23.1 Å². The van der Waals surface area contributed by atoms with Gasteiger partial charge in [-0.25, -0.2) is 0 Å². The zero-order valence-electron chi connectivity index (χ0n) is 15.9. The summed E-state index contributed by atoms with van der Waals surface area (Å²) in [6.07, 6.45) is 1.62. The maximum Gasteiger partial charge on any atom is 0.233 e. The molecule has 0 aliphatic carbocycles. The van der Waals surface area contributed by atoms with Crippen molar-refractivity contribution in [2.24, 2.45) is 0 Å². The Morgan fingerprint density at radius 2 is 2.00 bits per heavy atom. The number of carbonyl (C=O) groups is 1. The van der Waals surface area contributed by atoms with E-state index in [1.165, 1.54) is 16.6 Å². The van der Waals surface area contributed by atoms with Crippen LogP contribution in [0.2, 0.25) is 0 Å². The summed E-state index contributed by atoms with van der Waals surface area (Å²) >= 11 is 3.04. The highest BCUT2D eigenvalue weighted by molar-refractivity contribution is 7.99. The van der Waals surface area contributed by atoms with Crippen LogP contribution in [-0.4, -0.2) is 38.4 Å². The molecule has 3 aromatic heterocycles. The molecule has 0 fully saturated rings. The SMILES string of the molecule is CN(Cc1cccs1)C(=O)CSc1nnc(-c2ccco2)n1Cc1ccccc1. The van der Waals surface area contributed by atoms with Crippen molar-refractivity contribution in [1.29, 1.82) is 0 Å². The molecular weight excluding hydrogens is 404 g/mol. The molecule has 4 aromatic rings. The standard InChI is InChI=1S/C21H20N4O2S2/c1-24(14-17-9-6-12-28-17)19(26)15-29-21-23-22-20(18-10-5-11-27-18)25(21)13-16-7-3-2-4-8-16/h2-12H,13-15H2,1H3. The van der Waals surface area contributed by atoms with Gasteiger partial charge in [0.05, 0.1) is 25.1 Å². The van der Waals surface area contributed by atoms with Crippen LogP contribution in [0.25, 0.3) is 11.6 Å². The van der Waals surface area contributed by atoms with Crippen LogP contribution in [0, 0.1) is 0 Å². The summed E-state index contributed by atoms with van der Waals surface area (Å²) in [5, 5.41) is 11.3. The minimum atomic E-state index is 0.0530. The predicted molar refractivity (Wildman–Crippen MR) is 115 cm³/mol. The average molecular weight is 425 g/mol. The normalized spacial score (nSPS) is 10.9. The summed E-state index contributed by atoms with van der Waals surface area (Å²) in [6.45, 7) is 1.22. The average Bonchev–Trinajstić information content (AvgIpc) is 3.49. The lowest BCUT2D eigenvalue weighted by Crippen LogP contribution is -2.27. The first-order chi connectivity index (χ1) is 14.2. The number of nitrogens with zero attached hydrogens (tertiary/aromatic N) is 4. The van der Waals surface area contributed by atoms with Crippen LogP contribution in [-0.2, 0) is 17.9 Å². The fourth-order valence-electron chi connectivity index (χ4n) is 2.85. The van der Waals surface area contributed by atoms with Gasteiger partial charge in [-0.15, -0.1) is 21.5 Å². The summed E-state index contributed by atoms with van der Waals surface area (Å²) < 4.78 is 7.52. The highest BCUT2D eigenvalue weighted by atomic mass is 32.2. The molecule has 0 saturated heterocycles. The Kier molecular flexibility index (Phi) is 6.12. The first-order valence-electron chi connectivity index (χ1n) is 9.11. The van der Waals surface area contributed by atoms with E-state index in [4.69, 9.17) is 4.42 Å². The topological polar surface area (TPSA) is 64.2 Å². The van der Waals surface area contributed by atoms with E-state index in [1.807, 2.05) is 59.5 Å². The van der Waals surface area contributed by atoms with Gasteiger partial charge >= 0.3 is 0 Å². The van der Waals surface area contributed by atoms with Gasteiger partial charge in [-0.2, -0.15) is 0 Å². The van der Waals surface area contributed by atoms with Gasteiger partial charge in [-0.05, 0) is 29.1 Å². The second kappa shape index (κ2) is 9.11. The van der Waals surface area contributed by atoms with Gasteiger partial charge in [-0.1, -0.05) is 48.2 Å². The Morgan fingerprint density at radius 1 is 1.14 bits per heavy atom. The Balaban J connectivity index is 1.50. The van der Waals surface area contributed by atoms with Gasteiger partial charge in [0.15, 0.2) is 10.9 Å². The van der Waals surface area contributed by atoms with E-state index >= 15 is 0 Å². The molecular formula is C21H20N4O2S2. The smallest absolute Gasteiger partial charge is 0.233 e. The number of hydrogen-bond acceptors (Lipinski definition) is 6. The maximum absolute atomic E-state index is 12.6. The van der Waals surface area contributed by atoms with Gasteiger partial charge in [0, 0.05) is 11.9 Å². The van der Waals surface area contributed by atoms with Crippen LogP contribution in [0.3, 0.4) is 0 Å². The molecule has 8 heteroatoms. The lowest BCUT2D eigenvalue weighted by atomic mass is 10.2. The van der Waals surface area contributed by atoms with Crippen molar-refractivity contribution in [1.82, 2.24) is 19.7 Å². The number of hydrogen-bond donors (Lipinski definition) is 0.